The van der Waals surface area contributed by atoms with Crippen LogP contribution in [0.5, 0.6) is 5.75 Å². The fraction of sp³-hybridized carbons (Fsp3) is 0.588. The normalized spacial score (nSPS) is 20.4. The van der Waals surface area contributed by atoms with Gasteiger partial charge in [0.05, 0.1) is 7.11 Å². The van der Waals surface area contributed by atoms with E-state index in [2.05, 4.69) is 34.3 Å². The lowest BCUT2D eigenvalue weighted by molar-refractivity contribution is 0.409. The first-order valence-corrected chi connectivity index (χ1v) is 9.50. The summed E-state index contributed by atoms with van der Waals surface area (Å²) in [4.78, 5) is 4.33. The second kappa shape index (κ2) is 11.3. The molecule has 2 rings (SSSR count). The van der Waals surface area contributed by atoms with Crippen molar-refractivity contribution in [3.05, 3.63) is 28.8 Å². The van der Waals surface area contributed by atoms with Crippen molar-refractivity contribution in [3.63, 3.8) is 0 Å². The molecular formula is C17H27ClIN3OS. The van der Waals surface area contributed by atoms with Crippen molar-refractivity contribution in [2.24, 2.45) is 4.99 Å². The maximum atomic E-state index is 6.00. The molecule has 0 amide bonds. The summed E-state index contributed by atoms with van der Waals surface area (Å²) >= 11 is 8.06. The van der Waals surface area contributed by atoms with Crippen LogP contribution in [-0.4, -0.2) is 37.2 Å². The van der Waals surface area contributed by atoms with Crippen LogP contribution in [0.1, 0.15) is 31.7 Å². The van der Waals surface area contributed by atoms with E-state index >= 15 is 0 Å². The first-order chi connectivity index (χ1) is 11.2. The molecule has 0 aliphatic heterocycles. The Morgan fingerprint density at radius 2 is 2.21 bits per heavy atom. The number of ether oxygens (including phenoxy) is 1. The number of aliphatic imine (C=N–C) groups is 1. The number of methoxy groups -OCH3 is 1. The number of benzene rings is 1. The third kappa shape index (κ3) is 6.52. The van der Waals surface area contributed by atoms with E-state index in [0.717, 1.165) is 22.5 Å². The summed E-state index contributed by atoms with van der Waals surface area (Å²) in [6.45, 7) is 2.88. The van der Waals surface area contributed by atoms with Gasteiger partial charge in [0.15, 0.2) is 5.96 Å². The Hall–Kier alpha value is -0.340. The summed E-state index contributed by atoms with van der Waals surface area (Å²) in [6.07, 6.45) is 3.71. The third-order valence-corrected chi connectivity index (χ3v) is 5.51. The molecule has 0 spiro atoms. The summed E-state index contributed by atoms with van der Waals surface area (Å²) in [5, 5.41) is 8.36. The Balaban J connectivity index is 0.00000288. The van der Waals surface area contributed by atoms with Crippen LogP contribution in [0, 0.1) is 0 Å². The molecule has 2 unspecified atom stereocenters. The molecule has 0 heterocycles. The minimum Gasteiger partial charge on any atom is -0.496 e. The van der Waals surface area contributed by atoms with Gasteiger partial charge in [-0.2, -0.15) is 11.8 Å². The van der Waals surface area contributed by atoms with E-state index < -0.39 is 0 Å². The van der Waals surface area contributed by atoms with Gasteiger partial charge >= 0.3 is 0 Å². The highest BCUT2D eigenvalue weighted by atomic mass is 127. The fourth-order valence-electron chi connectivity index (χ4n) is 2.89. The summed E-state index contributed by atoms with van der Waals surface area (Å²) < 4.78 is 5.38. The summed E-state index contributed by atoms with van der Waals surface area (Å²) in [7, 11) is 3.47. The molecule has 1 aliphatic carbocycles. The number of thioether (sulfide) groups is 1. The van der Waals surface area contributed by atoms with Gasteiger partial charge in [0, 0.05) is 35.5 Å². The van der Waals surface area contributed by atoms with Gasteiger partial charge in [-0.15, -0.1) is 24.0 Å². The Morgan fingerprint density at radius 1 is 1.42 bits per heavy atom. The molecule has 4 nitrogen and oxygen atoms in total. The average Bonchev–Trinajstić information content (AvgIpc) is 2.99. The van der Waals surface area contributed by atoms with Crippen molar-refractivity contribution in [1.82, 2.24) is 10.6 Å². The van der Waals surface area contributed by atoms with Gasteiger partial charge in [0.1, 0.15) is 5.75 Å². The number of rotatable bonds is 6. The highest BCUT2D eigenvalue weighted by molar-refractivity contribution is 14.0. The van der Waals surface area contributed by atoms with Crippen molar-refractivity contribution >= 4 is 53.3 Å². The van der Waals surface area contributed by atoms with Gasteiger partial charge in [-0.25, -0.2) is 0 Å². The lowest BCUT2D eigenvalue weighted by Gasteiger charge is -2.18. The van der Waals surface area contributed by atoms with Crippen LogP contribution in [0.3, 0.4) is 0 Å². The topological polar surface area (TPSA) is 45.7 Å². The van der Waals surface area contributed by atoms with Gasteiger partial charge < -0.3 is 15.4 Å². The number of hydrogen-bond acceptors (Lipinski definition) is 3. The van der Waals surface area contributed by atoms with Crippen molar-refractivity contribution in [2.75, 3.05) is 19.9 Å². The zero-order chi connectivity index (χ0) is 16.7. The number of guanidine groups is 1. The summed E-state index contributed by atoms with van der Waals surface area (Å²) in [5.74, 6) is 2.83. The third-order valence-electron chi connectivity index (χ3n) is 4.05. The van der Waals surface area contributed by atoms with Gasteiger partial charge in [-0.1, -0.05) is 24.6 Å². The molecule has 1 saturated carbocycles. The molecule has 0 radical (unpaired) electrons. The fourth-order valence-corrected chi connectivity index (χ4v) is 4.19. The molecule has 0 bridgehead atoms. The van der Waals surface area contributed by atoms with Crippen LogP contribution in [0.2, 0.25) is 5.02 Å². The quantitative estimate of drug-likeness (QED) is 0.360. The summed E-state index contributed by atoms with van der Waals surface area (Å²) in [5.41, 5.74) is 1.06. The minimum atomic E-state index is 0. The van der Waals surface area contributed by atoms with Crippen LogP contribution >= 0.6 is 47.3 Å². The smallest absolute Gasteiger partial charge is 0.191 e. The number of nitrogens with zero attached hydrogens (tertiary/aromatic N) is 1. The van der Waals surface area contributed by atoms with E-state index in [9.17, 15) is 0 Å². The van der Waals surface area contributed by atoms with E-state index in [4.69, 9.17) is 16.3 Å². The molecule has 1 aromatic rings. The molecule has 0 aromatic heterocycles. The minimum absolute atomic E-state index is 0. The van der Waals surface area contributed by atoms with Crippen LogP contribution in [-0.2, 0) is 6.54 Å². The molecule has 1 fully saturated rings. The Kier molecular flexibility index (Phi) is 10.2. The van der Waals surface area contributed by atoms with E-state index in [1.54, 1.807) is 7.11 Å². The van der Waals surface area contributed by atoms with Crippen LogP contribution < -0.4 is 15.4 Å². The number of hydrogen-bond donors (Lipinski definition) is 2. The molecule has 24 heavy (non-hydrogen) atoms. The lowest BCUT2D eigenvalue weighted by Crippen LogP contribution is -2.42. The largest absolute Gasteiger partial charge is 0.496 e. The molecule has 0 saturated heterocycles. The predicted molar refractivity (Wildman–Crippen MR) is 116 cm³/mol. The Labute approximate surface area is 171 Å². The monoisotopic (exact) mass is 483 g/mol. The number of nitrogens with one attached hydrogen (secondary N) is 2. The first kappa shape index (κ1) is 21.7. The lowest BCUT2D eigenvalue weighted by atomic mass is 10.2. The van der Waals surface area contributed by atoms with E-state index in [1.165, 1.54) is 25.0 Å². The SMILES string of the molecule is CCSC1CCC(NC(=NC)NCc2ccc(Cl)cc2OC)C1.I. The maximum Gasteiger partial charge on any atom is 0.191 e. The van der Waals surface area contributed by atoms with Crippen molar-refractivity contribution in [3.8, 4) is 5.75 Å². The Morgan fingerprint density at radius 3 is 2.88 bits per heavy atom. The molecule has 1 aliphatic rings. The zero-order valence-corrected chi connectivity index (χ0v) is 18.4. The van der Waals surface area contributed by atoms with E-state index in [0.29, 0.717) is 17.6 Å². The standard InChI is InChI=1S/C17H26ClN3OS.HI/c1-4-23-15-8-7-14(10-15)21-17(19-2)20-11-12-5-6-13(18)9-16(12)22-3;/h5-6,9,14-15H,4,7-8,10-11H2,1-3H3,(H2,19,20,21);1H. The highest BCUT2D eigenvalue weighted by Gasteiger charge is 2.25. The van der Waals surface area contributed by atoms with Crippen LogP contribution in [0.15, 0.2) is 23.2 Å². The molecule has 7 heteroatoms. The second-order valence-corrected chi connectivity index (χ2v) is 7.63. The molecule has 2 N–H and O–H groups in total. The van der Waals surface area contributed by atoms with Crippen molar-refractivity contribution < 1.29 is 4.74 Å². The average molecular weight is 484 g/mol. The van der Waals surface area contributed by atoms with Gasteiger partial charge in [0.25, 0.3) is 0 Å². The summed E-state index contributed by atoms with van der Waals surface area (Å²) in [6, 6.07) is 6.20. The van der Waals surface area contributed by atoms with Crippen molar-refractivity contribution in [1.29, 1.82) is 0 Å². The highest BCUT2D eigenvalue weighted by Crippen LogP contribution is 2.29. The molecule has 1 aromatic carbocycles. The maximum absolute atomic E-state index is 6.00. The van der Waals surface area contributed by atoms with E-state index in [-0.39, 0.29) is 24.0 Å². The van der Waals surface area contributed by atoms with Gasteiger partial charge in [-0.05, 0) is 37.1 Å². The zero-order valence-electron chi connectivity index (χ0n) is 14.5. The van der Waals surface area contributed by atoms with Crippen LogP contribution in [0.4, 0.5) is 0 Å². The predicted octanol–water partition coefficient (Wildman–Crippen LogP) is 4.31. The Bertz CT molecular complexity index is 545. The molecule has 2 atom stereocenters. The second-order valence-electron chi connectivity index (χ2n) is 5.61. The molecule has 136 valence electrons. The van der Waals surface area contributed by atoms with Gasteiger partial charge in [0.2, 0.25) is 0 Å². The first-order valence-electron chi connectivity index (χ1n) is 8.07. The number of halogens is 2. The molecular weight excluding hydrogens is 457 g/mol. The van der Waals surface area contributed by atoms with Crippen LogP contribution in [0.25, 0.3) is 0 Å². The van der Waals surface area contributed by atoms with Crippen molar-refractivity contribution in [2.45, 2.75) is 44.0 Å². The van der Waals surface area contributed by atoms with E-state index in [1.807, 2.05) is 25.2 Å². The van der Waals surface area contributed by atoms with Gasteiger partial charge in [-0.3, -0.25) is 4.99 Å².